The maximum atomic E-state index is 5.95. The molecule has 3 fully saturated rings. The third-order valence-corrected chi connectivity index (χ3v) is 4.42. The van der Waals surface area contributed by atoms with Crippen molar-refractivity contribution in [3.05, 3.63) is 0 Å². The van der Waals surface area contributed by atoms with Crippen molar-refractivity contribution in [2.24, 2.45) is 17.8 Å². The Hall–Kier alpha value is -0.0400. The fraction of sp³-hybridized carbons (Fsp3) is 1.00. The number of rotatable bonds is 0. The monoisotopic (exact) mass is 152 g/mol. The topological polar surface area (TPSA) is 9.23 Å². The minimum absolute atomic E-state index is 0.311. The van der Waals surface area contributed by atoms with E-state index >= 15 is 0 Å². The predicted octanol–water partition coefficient (Wildman–Crippen LogP) is 2.21. The molecule has 1 aliphatic heterocycles. The van der Waals surface area contributed by atoms with E-state index < -0.39 is 0 Å². The van der Waals surface area contributed by atoms with Gasteiger partial charge in [-0.15, -0.1) is 0 Å². The molecule has 1 heterocycles. The molecule has 1 nitrogen and oxygen atoms in total. The van der Waals surface area contributed by atoms with Crippen LogP contribution in [0.4, 0.5) is 0 Å². The lowest BCUT2D eigenvalue weighted by atomic mass is 9.73. The average molecular weight is 152 g/mol. The van der Waals surface area contributed by atoms with Crippen molar-refractivity contribution in [2.75, 3.05) is 0 Å². The van der Waals surface area contributed by atoms with Gasteiger partial charge in [-0.2, -0.15) is 0 Å². The molecule has 3 rings (SSSR count). The largest absolute Gasteiger partial charge is 0.371 e. The van der Waals surface area contributed by atoms with E-state index in [2.05, 4.69) is 13.8 Å². The highest BCUT2D eigenvalue weighted by Gasteiger charge is 2.62. The van der Waals surface area contributed by atoms with Crippen molar-refractivity contribution in [3.8, 4) is 0 Å². The van der Waals surface area contributed by atoms with Crippen molar-refractivity contribution in [2.45, 2.75) is 44.8 Å². The molecule has 0 aromatic carbocycles. The molecule has 0 unspecified atom stereocenters. The van der Waals surface area contributed by atoms with E-state index in [-0.39, 0.29) is 0 Å². The van der Waals surface area contributed by atoms with Crippen LogP contribution in [0.25, 0.3) is 0 Å². The third-order valence-electron chi connectivity index (χ3n) is 4.42. The highest BCUT2D eigenvalue weighted by Crippen LogP contribution is 2.60. The highest BCUT2D eigenvalue weighted by molar-refractivity contribution is 5.10. The molecule has 5 atom stereocenters. The van der Waals surface area contributed by atoms with E-state index in [1.54, 1.807) is 0 Å². The van der Waals surface area contributed by atoms with Gasteiger partial charge in [0.2, 0.25) is 0 Å². The molecule has 0 spiro atoms. The summed E-state index contributed by atoms with van der Waals surface area (Å²) >= 11 is 0. The van der Waals surface area contributed by atoms with E-state index in [1.807, 2.05) is 0 Å². The smallest absolute Gasteiger partial charge is 0.0711 e. The predicted molar refractivity (Wildman–Crippen MR) is 43.3 cm³/mol. The molecule has 0 N–H and O–H groups in total. The second-order valence-electron chi connectivity index (χ2n) is 4.90. The van der Waals surface area contributed by atoms with E-state index in [0.29, 0.717) is 11.7 Å². The van der Waals surface area contributed by atoms with Crippen molar-refractivity contribution in [1.82, 2.24) is 0 Å². The molecule has 0 aromatic heterocycles. The Kier molecular flexibility index (Phi) is 0.976. The molecule has 1 saturated heterocycles. The van der Waals surface area contributed by atoms with E-state index in [0.717, 1.165) is 17.8 Å². The minimum atomic E-state index is 0.311. The molecule has 2 aliphatic carbocycles. The fourth-order valence-corrected chi connectivity index (χ4v) is 3.52. The summed E-state index contributed by atoms with van der Waals surface area (Å²) in [5.74, 6) is 2.78. The van der Waals surface area contributed by atoms with Gasteiger partial charge >= 0.3 is 0 Å². The van der Waals surface area contributed by atoms with Gasteiger partial charge in [0, 0.05) is 5.92 Å². The average Bonchev–Trinajstić information content (AvgIpc) is 2.08. The number of ether oxygens (including phenoxy) is 1. The SMILES string of the molecule is C[C@@H]1[C@@H]2CC[C@]3(C)O[C@H]1[C@@H]3C2. The molecule has 3 aliphatic rings. The van der Waals surface area contributed by atoms with Gasteiger partial charge in [0.05, 0.1) is 11.7 Å². The summed E-state index contributed by atoms with van der Waals surface area (Å²) < 4.78 is 5.95. The van der Waals surface area contributed by atoms with E-state index in [9.17, 15) is 0 Å². The molecule has 1 heteroatoms. The summed E-state index contributed by atoms with van der Waals surface area (Å²) in [6, 6.07) is 0. The lowest BCUT2D eigenvalue weighted by Gasteiger charge is -2.52. The molecule has 0 radical (unpaired) electrons. The number of fused-ring (bicyclic) bond motifs is 1. The van der Waals surface area contributed by atoms with Gasteiger partial charge in [0.1, 0.15) is 0 Å². The Bertz CT molecular complexity index is 201. The third kappa shape index (κ3) is 0.581. The molecule has 2 saturated carbocycles. The second kappa shape index (κ2) is 1.66. The normalized spacial score (nSPS) is 66.0. The first kappa shape index (κ1) is 6.47. The Balaban J connectivity index is 1.97. The van der Waals surface area contributed by atoms with Crippen LogP contribution in [-0.4, -0.2) is 11.7 Å². The van der Waals surface area contributed by atoms with Crippen LogP contribution in [0.2, 0.25) is 0 Å². The standard InChI is InChI=1S/C10H16O/c1-6-7-3-4-10(2)8(5-7)9(6)11-10/h6-9H,3-5H2,1-2H3/t6-,7-,8+,9-,10+/m1/s1. The number of hydrogen-bond acceptors (Lipinski definition) is 1. The summed E-state index contributed by atoms with van der Waals surface area (Å²) in [6.07, 6.45) is 4.85. The van der Waals surface area contributed by atoms with Crippen LogP contribution in [0.15, 0.2) is 0 Å². The maximum absolute atomic E-state index is 5.95. The van der Waals surface area contributed by atoms with Gasteiger partial charge in [0.25, 0.3) is 0 Å². The first-order valence-corrected chi connectivity index (χ1v) is 4.88. The van der Waals surface area contributed by atoms with Gasteiger partial charge in [0.15, 0.2) is 0 Å². The first-order chi connectivity index (χ1) is 5.21. The summed E-state index contributed by atoms with van der Waals surface area (Å²) in [6.45, 7) is 4.68. The summed E-state index contributed by atoms with van der Waals surface area (Å²) in [4.78, 5) is 0. The van der Waals surface area contributed by atoms with Gasteiger partial charge in [-0.25, -0.2) is 0 Å². The van der Waals surface area contributed by atoms with Gasteiger partial charge in [-0.05, 0) is 38.0 Å². The summed E-state index contributed by atoms with van der Waals surface area (Å²) in [5.41, 5.74) is 0.311. The molecule has 0 amide bonds. The Morgan fingerprint density at radius 1 is 1.45 bits per heavy atom. The first-order valence-electron chi connectivity index (χ1n) is 4.88. The molecule has 11 heavy (non-hydrogen) atoms. The summed E-state index contributed by atoms with van der Waals surface area (Å²) in [7, 11) is 0. The van der Waals surface area contributed by atoms with Gasteiger partial charge in [-0.1, -0.05) is 6.92 Å². The zero-order valence-corrected chi connectivity index (χ0v) is 7.34. The van der Waals surface area contributed by atoms with Crippen molar-refractivity contribution in [1.29, 1.82) is 0 Å². The molecule has 2 bridgehead atoms. The van der Waals surface area contributed by atoms with Gasteiger partial charge < -0.3 is 4.74 Å². The highest BCUT2D eigenvalue weighted by atomic mass is 16.5. The lowest BCUT2D eigenvalue weighted by Crippen LogP contribution is -2.56. The van der Waals surface area contributed by atoms with Crippen LogP contribution in [0.3, 0.4) is 0 Å². The van der Waals surface area contributed by atoms with Gasteiger partial charge in [-0.3, -0.25) is 0 Å². The number of hydrogen-bond donors (Lipinski definition) is 0. The van der Waals surface area contributed by atoms with E-state index in [4.69, 9.17) is 4.74 Å². The van der Waals surface area contributed by atoms with Crippen LogP contribution >= 0.6 is 0 Å². The molecular formula is C10H16O. The minimum Gasteiger partial charge on any atom is -0.371 e. The quantitative estimate of drug-likeness (QED) is 0.517. The molecule has 0 aromatic rings. The zero-order chi connectivity index (χ0) is 7.64. The van der Waals surface area contributed by atoms with Crippen molar-refractivity contribution >= 4 is 0 Å². The van der Waals surface area contributed by atoms with Crippen molar-refractivity contribution < 1.29 is 4.74 Å². The Morgan fingerprint density at radius 3 is 3.00 bits per heavy atom. The Morgan fingerprint density at radius 2 is 2.27 bits per heavy atom. The molecule has 62 valence electrons. The second-order valence-corrected chi connectivity index (χ2v) is 4.90. The maximum Gasteiger partial charge on any atom is 0.0711 e. The fourth-order valence-electron chi connectivity index (χ4n) is 3.52. The van der Waals surface area contributed by atoms with Crippen LogP contribution in [-0.2, 0) is 4.74 Å². The lowest BCUT2D eigenvalue weighted by molar-refractivity contribution is -0.249. The van der Waals surface area contributed by atoms with Crippen LogP contribution in [0, 0.1) is 17.8 Å². The van der Waals surface area contributed by atoms with Crippen LogP contribution in [0.5, 0.6) is 0 Å². The zero-order valence-electron chi connectivity index (χ0n) is 7.34. The van der Waals surface area contributed by atoms with E-state index in [1.165, 1.54) is 19.3 Å². The Labute approximate surface area is 68.1 Å². The van der Waals surface area contributed by atoms with Crippen LogP contribution in [0.1, 0.15) is 33.1 Å². The summed E-state index contributed by atoms with van der Waals surface area (Å²) in [5, 5.41) is 0. The van der Waals surface area contributed by atoms with Crippen LogP contribution < -0.4 is 0 Å². The van der Waals surface area contributed by atoms with Crippen molar-refractivity contribution in [3.63, 3.8) is 0 Å². The molecular weight excluding hydrogens is 136 g/mol.